The van der Waals surface area contributed by atoms with Gasteiger partial charge in [-0.25, -0.2) is 4.79 Å². The highest BCUT2D eigenvalue weighted by Crippen LogP contribution is 2.19. The van der Waals surface area contributed by atoms with E-state index in [9.17, 15) is 9.59 Å². The van der Waals surface area contributed by atoms with E-state index in [1.807, 2.05) is 24.3 Å². The van der Waals surface area contributed by atoms with Crippen molar-refractivity contribution in [2.24, 2.45) is 0 Å². The summed E-state index contributed by atoms with van der Waals surface area (Å²) in [7, 11) is 0. The summed E-state index contributed by atoms with van der Waals surface area (Å²) in [6.07, 6.45) is -0.422. The van der Waals surface area contributed by atoms with Crippen LogP contribution in [0.2, 0.25) is 5.02 Å². The normalized spacial score (nSPS) is 11.0. The Balaban J connectivity index is 2.08. The Morgan fingerprint density at radius 2 is 1.87 bits per heavy atom. The molecule has 0 spiro atoms. The predicted octanol–water partition coefficient (Wildman–Crippen LogP) is 3.89. The summed E-state index contributed by atoms with van der Waals surface area (Å²) in [6.45, 7) is 5.84. The maximum absolute atomic E-state index is 11.5. The van der Waals surface area contributed by atoms with Crippen molar-refractivity contribution in [3.05, 3.63) is 29.3 Å². The number of carbonyl (C=O) groups excluding carboxylic acids is 2. The molecule has 0 saturated carbocycles. The van der Waals surface area contributed by atoms with Gasteiger partial charge in [0.15, 0.2) is 0 Å². The van der Waals surface area contributed by atoms with E-state index in [0.29, 0.717) is 17.4 Å². The molecular weight excluding hydrogens is 338 g/mol. The lowest BCUT2D eigenvalue weighted by Gasteiger charge is -2.19. The van der Waals surface area contributed by atoms with Crippen molar-refractivity contribution >= 4 is 35.4 Å². The molecule has 1 amide bonds. The van der Waals surface area contributed by atoms with Gasteiger partial charge in [0.05, 0.1) is 6.42 Å². The summed E-state index contributed by atoms with van der Waals surface area (Å²) in [5.74, 6) is 0.310. The van der Waals surface area contributed by atoms with Crippen LogP contribution in [0.1, 0.15) is 27.2 Å². The summed E-state index contributed by atoms with van der Waals surface area (Å²) < 4.78 is 10.2. The zero-order valence-corrected chi connectivity index (χ0v) is 15.1. The van der Waals surface area contributed by atoms with Crippen molar-refractivity contribution in [2.45, 2.75) is 37.7 Å². The molecule has 1 N–H and O–H groups in total. The fourth-order valence-corrected chi connectivity index (χ4v) is 2.36. The third-order valence-electron chi connectivity index (χ3n) is 2.43. The molecule has 0 aliphatic heterocycles. The number of amides is 1. The van der Waals surface area contributed by atoms with Crippen LogP contribution in [0.3, 0.4) is 0 Å². The zero-order valence-electron chi connectivity index (χ0n) is 13.6. The second-order valence-corrected chi connectivity index (χ2v) is 7.31. The Kier molecular flexibility index (Phi) is 8.26. The van der Waals surface area contributed by atoms with Crippen molar-refractivity contribution in [2.75, 3.05) is 18.9 Å². The van der Waals surface area contributed by atoms with E-state index in [-0.39, 0.29) is 18.9 Å². The second kappa shape index (κ2) is 9.67. The van der Waals surface area contributed by atoms with Crippen LogP contribution in [-0.4, -0.2) is 36.6 Å². The number of esters is 1. The molecule has 1 aromatic rings. The monoisotopic (exact) mass is 359 g/mol. The van der Waals surface area contributed by atoms with Gasteiger partial charge in [0, 0.05) is 22.2 Å². The molecule has 128 valence electrons. The predicted molar refractivity (Wildman–Crippen MR) is 92.0 cm³/mol. The zero-order chi connectivity index (χ0) is 17.3. The van der Waals surface area contributed by atoms with E-state index in [2.05, 4.69) is 5.32 Å². The summed E-state index contributed by atoms with van der Waals surface area (Å²) in [4.78, 5) is 24.0. The van der Waals surface area contributed by atoms with Crippen LogP contribution in [0.5, 0.6) is 0 Å². The molecule has 5 nitrogen and oxygen atoms in total. The maximum Gasteiger partial charge on any atom is 0.407 e. The van der Waals surface area contributed by atoms with Gasteiger partial charge in [0.1, 0.15) is 12.2 Å². The first kappa shape index (κ1) is 19.6. The van der Waals surface area contributed by atoms with E-state index in [1.165, 1.54) is 0 Å². The molecule has 0 fully saturated rings. The quantitative estimate of drug-likeness (QED) is 0.454. The topological polar surface area (TPSA) is 64.6 Å². The summed E-state index contributed by atoms with van der Waals surface area (Å²) >= 11 is 7.38. The molecule has 0 aliphatic carbocycles. The first-order valence-corrected chi connectivity index (χ1v) is 8.63. The Morgan fingerprint density at radius 3 is 2.48 bits per heavy atom. The average Bonchev–Trinajstić information content (AvgIpc) is 2.43. The number of ether oxygens (including phenoxy) is 2. The molecule has 7 heteroatoms. The number of hydrogen-bond donors (Lipinski definition) is 1. The Hall–Kier alpha value is -1.40. The second-order valence-electron chi connectivity index (χ2n) is 5.70. The lowest BCUT2D eigenvalue weighted by Crippen LogP contribution is -2.33. The van der Waals surface area contributed by atoms with Gasteiger partial charge in [-0.2, -0.15) is 0 Å². The van der Waals surface area contributed by atoms with Gasteiger partial charge in [-0.1, -0.05) is 11.6 Å². The molecule has 0 bridgehead atoms. The van der Waals surface area contributed by atoms with E-state index < -0.39 is 11.7 Å². The number of benzene rings is 1. The third kappa shape index (κ3) is 10.1. The van der Waals surface area contributed by atoms with Crippen LogP contribution in [0.4, 0.5) is 4.79 Å². The van der Waals surface area contributed by atoms with Crippen molar-refractivity contribution < 1.29 is 19.1 Å². The highest BCUT2D eigenvalue weighted by atomic mass is 35.5. The smallest absolute Gasteiger partial charge is 0.407 e. The standard InChI is InChI=1S/C16H22ClNO4S/c1-16(2,3)22-15(20)18-9-8-14(19)21-10-11-23-13-6-4-12(17)5-7-13/h4-7H,8-11H2,1-3H3,(H,18,20). The Labute approximate surface area is 146 Å². The number of alkyl carbamates (subject to hydrolysis) is 1. The maximum atomic E-state index is 11.5. The number of thioether (sulfide) groups is 1. The number of carbonyl (C=O) groups is 2. The number of nitrogens with one attached hydrogen (secondary N) is 1. The van der Waals surface area contributed by atoms with Crippen LogP contribution in [0.15, 0.2) is 29.2 Å². The molecule has 0 atom stereocenters. The van der Waals surface area contributed by atoms with E-state index >= 15 is 0 Å². The van der Waals surface area contributed by atoms with Crippen LogP contribution >= 0.6 is 23.4 Å². The van der Waals surface area contributed by atoms with Gasteiger partial charge >= 0.3 is 12.1 Å². The van der Waals surface area contributed by atoms with E-state index in [0.717, 1.165) is 4.90 Å². The van der Waals surface area contributed by atoms with Crippen LogP contribution < -0.4 is 5.32 Å². The first-order valence-electron chi connectivity index (χ1n) is 7.27. The highest BCUT2D eigenvalue weighted by Gasteiger charge is 2.15. The molecule has 0 aliphatic rings. The van der Waals surface area contributed by atoms with Gasteiger partial charge in [-0.15, -0.1) is 11.8 Å². The van der Waals surface area contributed by atoms with E-state index in [4.69, 9.17) is 21.1 Å². The molecule has 0 saturated heterocycles. The Bertz CT molecular complexity index is 514. The molecule has 0 aromatic heterocycles. The van der Waals surface area contributed by atoms with Gasteiger partial charge in [0.2, 0.25) is 0 Å². The molecular formula is C16H22ClNO4S. The minimum atomic E-state index is -0.552. The SMILES string of the molecule is CC(C)(C)OC(=O)NCCC(=O)OCCSc1ccc(Cl)cc1. The van der Waals surface area contributed by atoms with Crippen LogP contribution in [-0.2, 0) is 14.3 Å². The number of halogens is 1. The number of hydrogen-bond acceptors (Lipinski definition) is 5. The van der Waals surface area contributed by atoms with Gasteiger partial charge in [0.25, 0.3) is 0 Å². The number of rotatable bonds is 7. The third-order valence-corrected chi connectivity index (χ3v) is 3.65. The minimum absolute atomic E-state index is 0.116. The molecule has 23 heavy (non-hydrogen) atoms. The van der Waals surface area contributed by atoms with E-state index in [1.54, 1.807) is 32.5 Å². The van der Waals surface area contributed by atoms with Gasteiger partial charge < -0.3 is 14.8 Å². The van der Waals surface area contributed by atoms with Gasteiger partial charge in [-0.05, 0) is 45.0 Å². The summed E-state index contributed by atoms with van der Waals surface area (Å²) in [5, 5.41) is 3.20. The van der Waals surface area contributed by atoms with Crippen molar-refractivity contribution in [1.29, 1.82) is 0 Å². The molecule has 0 unspecified atom stereocenters. The van der Waals surface area contributed by atoms with Crippen molar-refractivity contribution in [3.8, 4) is 0 Å². The highest BCUT2D eigenvalue weighted by molar-refractivity contribution is 7.99. The fraction of sp³-hybridized carbons (Fsp3) is 0.500. The lowest BCUT2D eigenvalue weighted by molar-refractivity contribution is -0.142. The van der Waals surface area contributed by atoms with Crippen molar-refractivity contribution in [1.82, 2.24) is 5.32 Å². The summed E-state index contributed by atoms with van der Waals surface area (Å²) in [5.41, 5.74) is -0.552. The Morgan fingerprint density at radius 1 is 1.22 bits per heavy atom. The molecule has 0 radical (unpaired) electrons. The largest absolute Gasteiger partial charge is 0.465 e. The van der Waals surface area contributed by atoms with Gasteiger partial charge in [-0.3, -0.25) is 4.79 Å². The summed E-state index contributed by atoms with van der Waals surface area (Å²) in [6, 6.07) is 7.47. The minimum Gasteiger partial charge on any atom is -0.465 e. The molecule has 0 heterocycles. The lowest BCUT2D eigenvalue weighted by atomic mass is 10.2. The molecule has 1 rings (SSSR count). The fourth-order valence-electron chi connectivity index (χ4n) is 1.50. The van der Waals surface area contributed by atoms with Crippen LogP contribution in [0.25, 0.3) is 0 Å². The first-order chi connectivity index (χ1) is 10.8. The molecule has 1 aromatic carbocycles. The van der Waals surface area contributed by atoms with Crippen molar-refractivity contribution in [3.63, 3.8) is 0 Å². The van der Waals surface area contributed by atoms with Crippen LogP contribution in [0, 0.1) is 0 Å². The average molecular weight is 360 g/mol.